The predicted octanol–water partition coefficient (Wildman–Crippen LogP) is 7.23. The number of hydrogen-bond acceptors (Lipinski definition) is 3. The van der Waals surface area contributed by atoms with E-state index in [0.717, 1.165) is 24.0 Å². The number of fused-ring (bicyclic) bond motifs is 1. The standard InChI is InChI=1S/C27H36Cl2N2O2S/c1-17(2)31(24(32)13-18(3)15-27(4,5)6)16-25(33)30-11-9-23-21(10-12-34-23)26(30)20-8-7-19(28)14-22(20)29/h7-8,10,12,14,17-18,26H,9,11,13,15-16H2,1-6H3/t18-,26-/m1/s1. The summed E-state index contributed by atoms with van der Waals surface area (Å²) in [4.78, 5) is 31.8. The van der Waals surface area contributed by atoms with Crippen LogP contribution in [0.4, 0.5) is 0 Å². The van der Waals surface area contributed by atoms with Gasteiger partial charge in [-0.25, -0.2) is 0 Å². The van der Waals surface area contributed by atoms with Gasteiger partial charge in [0.05, 0.1) is 6.04 Å². The minimum atomic E-state index is -0.281. The van der Waals surface area contributed by atoms with Crippen molar-refractivity contribution in [2.75, 3.05) is 13.1 Å². The highest BCUT2D eigenvalue weighted by molar-refractivity contribution is 7.10. The summed E-state index contributed by atoms with van der Waals surface area (Å²) in [6.45, 7) is 13.3. The van der Waals surface area contributed by atoms with Crippen LogP contribution in [0.2, 0.25) is 10.0 Å². The fraction of sp³-hybridized carbons (Fsp3) is 0.556. The Kier molecular flexibility index (Phi) is 8.75. The SMILES string of the molecule is CC(C)N(CC(=O)N1CCc2sccc2[C@H]1c1ccc(Cl)cc1Cl)C(=O)C[C@@H](C)CC(C)(C)C. The second-order valence-electron chi connectivity index (χ2n) is 10.9. The third-order valence-corrected chi connectivity index (χ3v) is 7.84. The van der Waals surface area contributed by atoms with Crippen LogP contribution in [0.15, 0.2) is 29.6 Å². The van der Waals surface area contributed by atoms with Gasteiger partial charge in [-0.15, -0.1) is 11.3 Å². The number of amides is 2. The van der Waals surface area contributed by atoms with E-state index in [-0.39, 0.29) is 41.8 Å². The van der Waals surface area contributed by atoms with Crippen molar-refractivity contribution >= 4 is 46.4 Å². The van der Waals surface area contributed by atoms with E-state index in [9.17, 15) is 9.59 Å². The molecule has 0 saturated heterocycles. The maximum absolute atomic E-state index is 13.7. The van der Waals surface area contributed by atoms with Gasteiger partial charge in [-0.3, -0.25) is 9.59 Å². The summed E-state index contributed by atoms with van der Waals surface area (Å²) in [5.41, 5.74) is 2.13. The zero-order valence-electron chi connectivity index (χ0n) is 21.0. The Hall–Kier alpha value is -1.56. The van der Waals surface area contributed by atoms with Crippen LogP contribution in [0, 0.1) is 11.3 Å². The molecule has 7 heteroatoms. The molecule has 4 nitrogen and oxygen atoms in total. The van der Waals surface area contributed by atoms with E-state index in [0.29, 0.717) is 23.0 Å². The summed E-state index contributed by atoms with van der Waals surface area (Å²) >= 11 is 14.5. The summed E-state index contributed by atoms with van der Waals surface area (Å²) in [5, 5.41) is 3.17. The van der Waals surface area contributed by atoms with Crippen molar-refractivity contribution in [2.24, 2.45) is 11.3 Å². The number of hydrogen-bond donors (Lipinski definition) is 0. The lowest BCUT2D eigenvalue weighted by Gasteiger charge is -2.38. The minimum absolute atomic E-state index is 0.0365. The Balaban J connectivity index is 1.83. The molecule has 2 amide bonds. The molecule has 2 aromatic rings. The van der Waals surface area contributed by atoms with Crippen molar-refractivity contribution in [3.8, 4) is 0 Å². The van der Waals surface area contributed by atoms with E-state index in [4.69, 9.17) is 23.2 Å². The van der Waals surface area contributed by atoms with Crippen LogP contribution in [0.25, 0.3) is 0 Å². The largest absolute Gasteiger partial charge is 0.331 e. The molecule has 0 bridgehead atoms. The lowest BCUT2D eigenvalue weighted by atomic mass is 9.84. The summed E-state index contributed by atoms with van der Waals surface area (Å²) in [6.07, 6.45) is 2.21. The molecule has 0 unspecified atom stereocenters. The maximum atomic E-state index is 13.7. The highest BCUT2D eigenvalue weighted by atomic mass is 35.5. The zero-order valence-corrected chi connectivity index (χ0v) is 23.4. The van der Waals surface area contributed by atoms with Crippen LogP contribution in [0.3, 0.4) is 0 Å². The third kappa shape index (κ3) is 6.56. The van der Waals surface area contributed by atoms with Crippen LogP contribution in [0.5, 0.6) is 0 Å². The van der Waals surface area contributed by atoms with Crippen molar-refractivity contribution in [2.45, 2.75) is 72.9 Å². The molecule has 1 aromatic carbocycles. The van der Waals surface area contributed by atoms with Gasteiger partial charge in [-0.1, -0.05) is 57.0 Å². The number of thiophene rings is 1. The molecule has 1 aliphatic heterocycles. The van der Waals surface area contributed by atoms with Crippen LogP contribution in [-0.4, -0.2) is 40.7 Å². The average molecular weight is 524 g/mol. The Morgan fingerprint density at radius 3 is 2.47 bits per heavy atom. The quantitative estimate of drug-likeness (QED) is 0.384. The molecular formula is C27H36Cl2N2O2S. The van der Waals surface area contributed by atoms with Gasteiger partial charge in [0.1, 0.15) is 6.54 Å². The van der Waals surface area contributed by atoms with Gasteiger partial charge >= 0.3 is 0 Å². The van der Waals surface area contributed by atoms with Gasteiger partial charge in [0, 0.05) is 33.9 Å². The van der Waals surface area contributed by atoms with E-state index in [1.165, 1.54) is 4.88 Å². The molecule has 3 rings (SSSR count). The van der Waals surface area contributed by atoms with Crippen molar-refractivity contribution in [1.82, 2.24) is 9.80 Å². The van der Waals surface area contributed by atoms with E-state index in [1.807, 2.05) is 30.9 Å². The predicted molar refractivity (Wildman–Crippen MR) is 143 cm³/mol. The molecule has 0 N–H and O–H groups in total. The van der Waals surface area contributed by atoms with Gasteiger partial charge in [-0.2, -0.15) is 0 Å². The zero-order chi connectivity index (χ0) is 25.2. The average Bonchev–Trinajstić information content (AvgIpc) is 3.18. The van der Waals surface area contributed by atoms with E-state index < -0.39 is 0 Å². The third-order valence-electron chi connectivity index (χ3n) is 6.28. The monoisotopic (exact) mass is 522 g/mol. The minimum Gasteiger partial charge on any atom is -0.331 e. The fourth-order valence-electron chi connectivity index (χ4n) is 4.97. The summed E-state index contributed by atoms with van der Waals surface area (Å²) in [7, 11) is 0. The molecule has 2 atom stereocenters. The van der Waals surface area contributed by atoms with Gasteiger partial charge in [0.2, 0.25) is 11.8 Å². The number of nitrogens with zero attached hydrogens (tertiary/aromatic N) is 2. The van der Waals surface area contributed by atoms with Gasteiger partial charge < -0.3 is 9.80 Å². The van der Waals surface area contributed by atoms with Crippen molar-refractivity contribution < 1.29 is 9.59 Å². The van der Waals surface area contributed by atoms with Crippen LogP contribution in [-0.2, 0) is 16.0 Å². The smallest absolute Gasteiger partial charge is 0.243 e. The van der Waals surface area contributed by atoms with Crippen LogP contribution in [0.1, 0.15) is 76.4 Å². The highest BCUT2D eigenvalue weighted by Crippen LogP contribution is 2.41. The van der Waals surface area contributed by atoms with Crippen molar-refractivity contribution in [3.05, 3.63) is 55.7 Å². The molecule has 0 aliphatic carbocycles. The van der Waals surface area contributed by atoms with Crippen molar-refractivity contribution in [3.63, 3.8) is 0 Å². The first-order valence-corrected chi connectivity index (χ1v) is 13.6. The molecular weight excluding hydrogens is 487 g/mol. The number of benzene rings is 1. The van der Waals surface area contributed by atoms with Crippen molar-refractivity contribution in [1.29, 1.82) is 0 Å². The Bertz CT molecular complexity index is 1030. The Morgan fingerprint density at radius 1 is 1.15 bits per heavy atom. The van der Waals surface area contributed by atoms with Gasteiger partial charge in [0.15, 0.2) is 0 Å². The number of halogens is 2. The second kappa shape index (κ2) is 11.0. The summed E-state index contributed by atoms with van der Waals surface area (Å²) in [5.74, 6) is 0.237. The molecule has 1 aromatic heterocycles. The van der Waals surface area contributed by atoms with E-state index in [1.54, 1.807) is 22.3 Å². The van der Waals surface area contributed by atoms with Gasteiger partial charge in [0.25, 0.3) is 0 Å². The summed E-state index contributed by atoms with van der Waals surface area (Å²) in [6, 6.07) is 7.18. The topological polar surface area (TPSA) is 40.6 Å². The normalized spacial score (nSPS) is 17.0. The molecule has 1 aliphatic rings. The molecule has 2 heterocycles. The Labute approximate surface area is 218 Å². The molecule has 0 saturated carbocycles. The maximum Gasteiger partial charge on any atom is 0.243 e. The lowest BCUT2D eigenvalue weighted by molar-refractivity contribution is -0.143. The van der Waals surface area contributed by atoms with Gasteiger partial charge in [-0.05, 0) is 72.7 Å². The molecule has 186 valence electrons. The number of carbonyl (C=O) groups excluding carboxylic acids is 2. The Morgan fingerprint density at radius 2 is 1.85 bits per heavy atom. The molecule has 0 fully saturated rings. The van der Waals surface area contributed by atoms with Crippen LogP contribution >= 0.6 is 34.5 Å². The number of rotatable bonds is 7. The first kappa shape index (κ1) is 27.0. The van der Waals surface area contributed by atoms with E-state index >= 15 is 0 Å². The van der Waals surface area contributed by atoms with E-state index in [2.05, 4.69) is 39.1 Å². The lowest BCUT2D eigenvalue weighted by Crippen LogP contribution is -2.49. The number of carbonyl (C=O) groups is 2. The molecule has 0 radical (unpaired) electrons. The first-order chi connectivity index (χ1) is 15.9. The molecule has 34 heavy (non-hydrogen) atoms. The molecule has 0 spiro atoms. The first-order valence-electron chi connectivity index (χ1n) is 12.0. The fourth-order valence-corrected chi connectivity index (χ4v) is 6.39. The second-order valence-corrected chi connectivity index (χ2v) is 12.7. The summed E-state index contributed by atoms with van der Waals surface area (Å²) < 4.78 is 0. The highest BCUT2D eigenvalue weighted by Gasteiger charge is 2.35. The van der Waals surface area contributed by atoms with Crippen LogP contribution < -0.4 is 0 Å².